The van der Waals surface area contributed by atoms with Gasteiger partial charge in [-0.05, 0) is 32.8 Å². The Bertz CT molecular complexity index is 428. The molecular formula is C14H23N3O2. The summed E-state index contributed by atoms with van der Waals surface area (Å²) in [5.74, 6) is 0.199. The molecule has 2 atom stereocenters. The van der Waals surface area contributed by atoms with E-state index in [4.69, 9.17) is 0 Å². The SMILES string of the molecule is CC(C)n1ccc(CC(=O)NC[C@H]2CCC[C@@H]2O)n1. The van der Waals surface area contributed by atoms with Crippen molar-refractivity contribution in [2.45, 2.75) is 51.7 Å². The molecule has 0 unspecified atom stereocenters. The van der Waals surface area contributed by atoms with Gasteiger partial charge in [0.25, 0.3) is 0 Å². The van der Waals surface area contributed by atoms with Crippen molar-refractivity contribution in [3.8, 4) is 0 Å². The highest BCUT2D eigenvalue weighted by atomic mass is 16.3. The Labute approximate surface area is 114 Å². The van der Waals surface area contributed by atoms with Gasteiger partial charge >= 0.3 is 0 Å². The van der Waals surface area contributed by atoms with Crippen LogP contribution >= 0.6 is 0 Å². The van der Waals surface area contributed by atoms with Gasteiger partial charge in [-0.3, -0.25) is 9.48 Å². The molecule has 1 fully saturated rings. The highest BCUT2D eigenvalue weighted by Crippen LogP contribution is 2.24. The van der Waals surface area contributed by atoms with Crippen LogP contribution in [0.1, 0.15) is 44.8 Å². The fraction of sp³-hybridized carbons (Fsp3) is 0.714. The number of nitrogens with zero attached hydrogens (tertiary/aromatic N) is 2. The van der Waals surface area contributed by atoms with E-state index in [-0.39, 0.29) is 17.9 Å². The van der Waals surface area contributed by atoms with Gasteiger partial charge in [0.15, 0.2) is 0 Å². The number of carbonyl (C=O) groups excluding carboxylic acids is 1. The molecule has 2 N–H and O–H groups in total. The Hall–Kier alpha value is -1.36. The maximum absolute atomic E-state index is 11.8. The van der Waals surface area contributed by atoms with Crippen LogP contribution in [0.5, 0.6) is 0 Å². The molecular weight excluding hydrogens is 242 g/mol. The maximum Gasteiger partial charge on any atom is 0.226 e. The number of carbonyl (C=O) groups is 1. The van der Waals surface area contributed by atoms with Crippen LogP contribution in [0.25, 0.3) is 0 Å². The summed E-state index contributed by atoms with van der Waals surface area (Å²) in [5.41, 5.74) is 0.790. The summed E-state index contributed by atoms with van der Waals surface area (Å²) in [5, 5.41) is 16.9. The molecule has 106 valence electrons. The predicted octanol–water partition coefficient (Wildman–Crippen LogP) is 1.28. The van der Waals surface area contributed by atoms with E-state index in [1.165, 1.54) is 0 Å². The minimum absolute atomic E-state index is 0.0203. The van der Waals surface area contributed by atoms with Gasteiger partial charge in [-0.25, -0.2) is 0 Å². The number of aliphatic hydroxyl groups is 1. The van der Waals surface area contributed by atoms with Crippen molar-refractivity contribution in [2.24, 2.45) is 5.92 Å². The van der Waals surface area contributed by atoms with Crippen molar-refractivity contribution in [1.82, 2.24) is 15.1 Å². The molecule has 0 spiro atoms. The van der Waals surface area contributed by atoms with Gasteiger partial charge in [-0.2, -0.15) is 5.10 Å². The molecule has 0 radical (unpaired) electrons. The van der Waals surface area contributed by atoms with Crippen molar-refractivity contribution in [3.05, 3.63) is 18.0 Å². The van der Waals surface area contributed by atoms with E-state index in [9.17, 15) is 9.90 Å². The zero-order valence-electron chi connectivity index (χ0n) is 11.7. The first kappa shape index (κ1) is 14.1. The van der Waals surface area contributed by atoms with Gasteiger partial charge in [-0.15, -0.1) is 0 Å². The average Bonchev–Trinajstić information content (AvgIpc) is 2.96. The fourth-order valence-electron chi connectivity index (χ4n) is 2.49. The lowest BCUT2D eigenvalue weighted by Crippen LogP contribution is -2.33. The molecule has 5 nitrogen and oxygen atoms in total. The van der Waals surface area contributed by atoms with Crippen molar-refractivity contribution >= 4 is 5.91 Å². The van der Waals surface area contributed by atoms with E-state index in [1.54, 1.807) is 0 Å². The molecule has 1 aromatic rings. The first-order chi connectivity index (χ1) is 9.06. The molecule has 0 aromatic carbocycles. The largest absolute Gasteiger partial charge is 0.393 e. The summed E-state index contributed by atoms with van der Waals surface area (Å²) in [4.78, 5) is 11.8. The second kappa shape index (κ2) is 6.19. The Balaban J connectivity index is 1.77. The molecule has 2 rings (SSSR count). The fourth-order valence-corrected chi connectivity index (χ4v) is 2.49. The highest BCUT2D eigenvalue weighted by molar-refractivity contribution is 5.78. The van der Waals surface area contributed by atoms with E-state index in [0.717, 1.165) is 25.0 Å². The molecule has 19 heavy (non-hydrogen) atoms. The summed E-state index contributed by atoms with van der Waals surface area (Å²) in [6.07, 6.45) is 4.88. The van der Waals surface area contributed by atoms with Crippen LogP contribution in [0.4, 0.5) is 0 Å². The Kier molecular flexibility index (Phi) is 4.58. The van der Waals surface area contributed by atoms with E-state index in [2.05, 4.69) is 24.3 Å². The van der Waals surface area contributed by atoms with Crippen molar-refractivity contribution in [3.63, 3.8) is 0 Å². The van der Waals surface area contributed by atoms with Gasteiger partial charge in [0.1, 0.15) is 0 Å². The summed E-state index contributed by atoms with van der Waals surface area (Å²) in [6.45, 7) is 4.68. The van der Waals surface area contributed by atoms with Crippen molar-refractivity contribution in [2.75, 3.05) is 6.54 Å². The van der Waals surface area contributed by atoms with Gasteiger partial charge in [0, 0.05) is 24.7 Å². The van der Waals surface area contributed by atoms with Crippen molar-refractivity contribution in [1.29, 1.82) is 0 Å². The molecule has 0 bridgehead atoms. The molecule has 0 saturated heterocycles. The third-order valence-electron chi connectivity index (χ3n) is 3.71. The van der Waals surface area contributed by atoms with Crippen LogP contribution in [0.2, 0.25) is 0 Å². The van der Waals surface area contributed by atoms with Crippen LogP contribution in [0.15, 0.2) is 12.3 Å². The van der Waals surface area contributed by atoms with Crippen LogP contribution in [0.3, 0.4) is 0 Å². The third-order valence-corrected chi connectivity index (χ3v) is 3.71. The van der Waals surface area contributed by atoms with Crippen LogP contribution in [0, 0.1) is 5.92 Å². The monoisotopic (exact) mass is 265 g/mol. The molecule has 1 aliphatic carbocycles. The molecule has 1 amide bonds. The molecule has 1 saturated carbocycles. The van der Waals surface area contributed by atoms with Crippen LogP contribution in [-0.4, -0.2) is 33.4 Å². The number of hydrogen-bond acceptors (Lipinski definition) is 3. The second-order valence-electron chi connectivity index (χ2n) is 5.62. The summed E-state index contributed by atoms with van der Waals surface area (Å²) in [7, 11) is 0. The summed E-state index contributed by atoms with van der Waals surface area (Å²) < 4.78 is 1.85. The lowest BCUT2D eigenvalue weighted by Gasteiger charge is -2.14. The summed E-state index contributed by atoms with van der Waals surface area (Å²) in [6, 6.07) is 2.19. The lowest BCUT2D eigenvalue weighted by molar-refractivity contribution is -0.120. The molecule has 5 heteroatoms. The quantitative estimate of drug-likeness (QED) is 0.843. The third kappa shape index (κ3) is 3.80. The minimum atomic E-state index is -0.250. The van der Waals surface area contributed by atoms with Gasteiger partial charge in [0.2, 0.25) is 5.91 Å². The van der Waals surface area contributed by atoms with E-state index < -0.39 is 0 Å². The average molecular weight is 265 g/mol. The van der Waals surface area contributed by atoms with Gasteiger partial charge < -0.3 is 10.4 Å². The number of hydrogen-bond donors (Lipinski definition) is 2. The summed E-state index contributed by atoms with van der Waals surface area (Å²) >= 11 is 0. The van der Waals surface area contributed by atoms with Gasteiger partial charge in [-0.1, -0.05) is 6.42 Å². The van der Waals surface area contributed by atoms with Crippen LogP contribution in [-0.2, 0) is 11.2 Å². The smallest absolute Gasteiger partial charge is 0.226 e. The number of rotatable bonds is 5. The van der Waals surface area contributed by atoms with E-state index >= 15 is 0 Å². The second-order valence-corrected chi connectivity index (χ2v) is 5.62. The molecule has 1 aliphatic rings. The Morgan fingerprint density at radius 2 is 2.37 bits per heavy atom. The topological polar surface area (TPSA) is 67.2 Å². The lowest BCUT2D eigenvalue weighted by atomic mass is 10.1. The molecule has 1 aromatic heterocycles. The highest BCUT2D eigenvalue weighted by Gasteiger charge is 2.25. The first-order valence-corrected chi connectivity index (χ1v) is 7.05. The predicted molar refractivity (Wildman–Crippen MR) is 72.7 cm³/mol. The normalized spacial score (nSPS) is 22.9. The Morgan fingerprint density at radius 1 is 1.58 bits per heavy atom. The first-order valence-electron chi connectivity index (χ1n) is 7.05. The number of nitrogens with one attached hydrogen (secondary N) is 1. The Morgan fingerprint density at radius 3 is 2.95 bits per heavy atom. The van der Waals surface area contributed by atoms with E-state index in [0.29, 0.717) is 19.0 Å². The van der Waals surface area contributed by atoms with E-state index in [1.807, 2.05) is 16.9 Å². The molecule has 1 heterocycles. The van der Waals surface area contributed by atoms with Crippen LogP contribution < -0.4 is 5.32 Å². The maximum atomic E-state index is 11.8. The zero-order valence-corrected chi connectivity index (χ0v) is 11.7. The number of aromatic nitrogens is 2. The molecule has 0 aliphatic heterocycles. The van der Waals surface area contributed by atoms with Crippen molar-refractivity contribution < 1.29 is 9.90 Å². The number of aliphatic hydroxyl groups excluding tert-OH is 1. The standard InChI is InChI=1S/C14H23N3O2/c1-10(2)17-7-6-12(16-17)8-14(19)15-9-11-4-3-5-13(11)18/h6-7,10-11,13,18H,3-5,8-9H2,1-2H3,(H,15,19)/t11-,13+/m1/s1. The van der Waals surface area contributed by atoms with Gasteiger partial charge in [0.05, 0.1) is 18.2 Å². The number of amides is 1. The zero-order chi connectivity index (χ0) is 13.8. The minimum Gasteiger partial charge on any atom is -0.393 e.